The largest absolute Gasteiger partial charge is 0.336 e. The number of hydrogen-bond acceptors (Lipinski definition) is 4. The van der Waals surface area contributed by atoms with Gasteiger partial charge in [-0.2, -0.15) is 11.8 Å². The summed E-state index contributed by atoms with van der Waals surface area (Å²) in [4.78, 5) is 30.4. The molecule has 4 nitrogen and oxygen atoms in total. The van der Waals surface area contributed by atoms with E-state index in [4.69, 9.17) is 23.2 Å². The van der Waals surface area contributed by atoms with E-state index in [0.717, 1.165) is 43.2 Å². The van der Waals surface area contributed by atoms with Crippen LogP contribution < -0.4 is 0 Å². The number of thioether (sulfide) groups is 1. The van der Waals surface area contributed by atoms with E-state index in [2.05, 4.69) is 9.80 Å². The molecule has 1 aromatic carbocycles. The second-order valence-electron chi connectivity index (χ2n) is 7.64. The number of likely N-dealkylation sites (tertiary alicyclic amines) is 1. The second kappa shape index (κ2) is 8.32. The highest BCUT2D eigenvalue weighted by Crippen LogP contribution is 2.38. The Hall–Kier alpha value is -0.750. The summed E-state index contributed by atoms with van der Waals surface area (Å²) in [6.07, 6.45) is 3.46. The molecule has 0 aromatic heterocycles. The number of rotatable bonds is 3. The number of carbonyl (C=O) groups is 2. The van der Waals surface area contributed by atoms with Gasteiger partial charge in [0.2, 0.25) is 5.91 Å². The molecule has 0 bridgehead atoms. The lowest BCUT2D eigenvalue weighted by molar-refractivity contribution is -0.135. The van der Waals surface area contributed by atoms with Crippen molar-refractivity contribution in [1.29, 1.82) is 0 Å². The number of hydrogen-bond donors (Lipinski definition) is 0. The van der Waals surface area contributed by atoms with Crippen molar-refractivity contribution in [3.8, 4) is 0 Å². The van der Waals surface area contributed by atoms with Crippen molar-refractivity contribution in [2.24, 2.45) is 0 Å². The molecule has 1 amide bonds. The predicted molar refractivity (Wildman–Crippen MR) is 111 cm³/mol. The van der Waals surface area contributed by atoms with E-state index in [1.54, 1.807) is 12.1 Å². The first-order chi connectivity index (χ1) is 13.0. The smallest absolute Gasteiger partial charge is 0.230 e. The summed E-state index contributed by atoms with van der Waals surface area (Å²) in [6, 6.07) is 3.61. The minimum Gasteiger partial charge on any atom is -0.336 e. The predicted octanol–water partition coefficient (Wildman–Crippen LogP) is 4.09. The lowest BCUT2D eigenvalue weighted by Crippen LogP contribution is -2.52. The minimum absolute atomic E-state index is 0.0513. The minimum atomic E-state index is -0.295. The van der Waals surface area contributed by atoms with Gasteiger partial charge in [0.25, 0.3) is 0 Å². The molecule has 0 saturated carbocycles. The zero-order chi connectivity index (χ0) is 19.0. The number of benzene rings is 1. The number of nitrogens with zero attached hydrogens (tertiary/aromatic N) is 2. The Bertz CT molecular complexity index is 752. The Morgan fingerprint density at radius 3 is 2.67 bits per heavy atom. The van der Waals surface area contributed by atoms with Gasteiger partial charge in [0, 0.05) is 36.6 Å². The highest BCUT2D eigenvalue weighted by molar-refractivity contribution is 7.99. The Kier molecular flexibility index (Phi) is 6.03. The number of ketones is 1. The lowest BCUT2D eigenvalue weighted by atomic mass is 9.81. The molecule has 7 heteroatoms. The van der Waals surface area contributed by atoms with Gasteiger partial charge < -0.3 is 9.80 Å². The first-order valence-corrected chi connectivity index (χ1v) is 11.6. The number of amides is 1. The third-order valence-corrected chi connectivity index (χ3v) is 7.72. The molecular formula is C20H24Cl2N2O2S. The average Bonchev–Trinajstić information content (AvgIpc) is 3.17. The van der Waals surface area contributed by atoms with Crippen LogP contribution in [0.2, 0.25) is 10.0 Å². The second-order valence-corrected chi connectivity index (χ2v) is 9.60. The fourth-order valence-electron chi connectivity index (χ4n) is 4.47. The third kappa shape index (κ3) is 4.02. The summed E-state index contributed by atoms with van der Waals surface area (Å²) in [6.45, 7) is 4.01. The van der Waals surface area contributed by atoms with Crippen LogP contribution in [-0.2, 0) is 4.79 Å². The van der Waals surface area contributed by atoms with Crippen molar-refractivity contribution >= 4 is 46.7 Å². The monoisotopic (exact) mass is 426 g/mol. The maximum Gasteiger partial charge on any atom is 0.230 e. The molecule has 0 unspecified atom stereocenters. The maximum atomic E-state index is 13.5. The summed E-state index contributed by atoms with van der Waals surface area (Å²) >= 11 is 14.3. The van der Waals surface area contributed by atoms with Gasteiger partial charge in [0.05, 0.1) is 22.0 Å². The normalized spacial score (nSPS) is 26.3. The third-order valence-electron chi connectivity index (χ3n) is 5.90. The number of halogens is 2. The molecular weight excluding hydrogens is 403 g/mol. The van der Waals surface area contributed by atoms with Crippen LogP contribution in [-0.4, -0.2) is 65.2 Å². The Balaban J connectivity index is 1.58. The molecule has 3 aliphatic rings. The Morgan fingerprint density at radius 2 is 1.89 bits per heavy atom. The van der Waals surface area contributed by atoms with E-state index in [1.165, 1.54) is 12.8 Å². The van der Waals surface area contributed by atoms with Crippen LogP contribution in [0.5, 0.6) is 0 Å². The molecule has 2 aliphatic heterocycles. The van der Waals surface area contributed by atoms with Gasteiger partial charge in [-0.3, -0.25) is 9.59 Å². The van der Waals surface area contributed by atoms with Gasteiger partial charge in [-0.05, 0) is 50.0 Å². The Labute approximate surface area is 174 Å². The van der Waals surface area contributed by atoms with Gasteiger partial charge in [-0.25, -0.2) is 0 Å². The van der Waals surface area contributed by atoms with Crippen molar-refractivity contribution in [3.63, 3.8) is 0 Å². The molecule has 0 spiro atoms. The van der Waals surface area contributed by atoms with Crippen molar-refractivity contribution in [2.75, 3.05) is 37.7 Å². The molecule has 2 heterocycles. The average molecular weight is 427 g/mol. The SMILES string of the molecule is O=C1CC[C@H](C(=O)N2CCSC[C@@H]2CN2CCCC2)c2cc(Cl)c(Cl)cc21. The molecule has 2 saturated heterocycles. The van der Waals surface area contributed by atoms with Crippen LogP contribution in [0, 0.1) is 0 Å². The van der Waals surface area contributed by atoms with Crippen LogP contribution >= 0.6 is 35.0 Å². The topological polar surface area (TPSA) is 40.6 Å². The molecule has 2 fully saturated rings. The van der Waals surface area contributed by atoms with Crippen molar-refractivity contribution in [2.45, 2.75) is 37.6 Å². The summed E-state index contributed by atoms with van der Waals surface area (Å²) in [5, 5.41) is 0.781. The van der Waals surface area contributed by atoms with E-state index in [0.29, 0.717) is 28.5 Å². The standard InChI is InChI=1S/C20H24Cl2N2O2S/c21-17-9-15-14(3-4-19(25)16(15)10-18(17)22)20(26)24-7-8-27-12-13(24)11-23-5-1-2-6-23/h9-10,13-14H,1-8,11-12H2/t13-,14-/m0/s1. The first-order valence-electron chi connectivity index (χ1n) is 9.67. The first kappa shape index (κ1) is 19.6. The van der Waals surface area contributed by atoms with Gasteiger partial charge in [0.1, 0.15) is 0 Å². The lowest BCUT2D eigenvalue weighted by Gasteiger charge is -2.40. The maximum absolute atomic E-state index is 13.5. The molecule has 1 aromatic rings. The van der Waals surface area contributed by atoms with Gasteiger partial charge >= 0.3 is 0 Å². The summed E-state index contributed by atoms with van der Waals surface area (Å²) in [5.41, 5.74) is 1.32. The molecule has 4 rings (SSSR count). The van der Waals surface area contributed by atoms with Crippen LogP contribution in [0.4, 0.5) is 0 Å². The zero-order valence-electron chi connectivity index (χ0n) is 15.3. The number of Topliss-reactive ketones (excluding diaryl/α,β-unsaturated/α-hetero) is 1. The molecule has 1 aliphatic carbocycles. The number of fused-ring (bicyclic) bond motifs is 1. The summed E-state index contributed by atoms with van der Waals surface area (Å²) < 4.78 is 0. The molecule has 146 valence electrons. The van der Waals surface area contributed by atoms with Gasteiger partial charge in [-0.1, -0.05) is 23.2 Å². The quantitative estimate of drug-likeness (QED) is 0.729. The van der Waals surface area contributed by atoms with Gasteiger partial charge in [-0.15, -0.1) is 0 Å². The van der Waals surface area contributed by atoms with Crippen LogP contribution in [0.25, 0.3) is 0 Å². The van der Waals surface area contributed by atoms with E-state index >= 15 is 0 Å². The van der Waals surface area contributed by atoms with Crippen molar-refractivity contribution in [1.82, 2.24) is 9.80 Å². The van der Waals surface area contributed by atoms with Crippen LogP contribution in [0.15, 0.2) is 12.1 Å². The fourth-order valence-corrected chi connectivity index (χ4v) is 5.86. The highest BCUT2D eigenvalue weighted by Gasteiger charge is 2.37. The fraction of sp³-hybridized carbons (Fsp3) is 0.600. The van der Waals surface area contributed by atoms with Crippen molar-refractivity contribution in [3.05, 3.63) is 33.3 Å². The van der Waals surface area contributed by atoms with Crippen LogP contribution in [0.3, 0.4) is 0 Å². The molecule has 0 radical (unpaired) electrons. The molecule has 0 N–H and O–H groups in total. The van der Waals surface area contributed by atoms with E-state index in [1.807, 2.05) is 11.8 Å². The Morgan fingerprint density at radius 1 is 1.15 bits per heavy atom. The number of carbonyl (C=O) groups excluding carboxylic acids is 2. The summed E-state index contributed by atoms with van der Waals surface area (Å²) in [5.74, 6) is 1.86. The molecule has 2 atom stereocenters. The van der Waals surface area contributed by atoms with E-state index in [9.17, 15) is 9.59 Å². The zero-order valence-corrected chi connectivity index (χ0v) is 17.6. The van der Waals surface area contributed by atoms with Crippen molar-refractivity contribution < 1.29 is 9.59 Å². The highest BCUT2D eigenvalue weighted by atomic mass is 35.5. The van der Waals surface area contributed by atoms with Crippen LogP contribution in [0.1, 0.15) is 47.5 Å². The van der Waals surface area contributed by atoms with Gasteiger partial charge in [0.15, 0.2) is 5.78 Å². The van der Waals surface area contributed by atoms with E-state index < -0.39 is 0 Å². The summed E-state index contributed by atoms with van der Waals surface area (Å²) in [7, 11) is 0. The van der Waals surface area contributed by atoms with E-state index in [-0.39, 0.29) is 23.7 Å². The molecule has 27 heavy (non-hydrogen) atoms.